The molecule has 4 nitrogen and oxygen atoms in total. The van der Waals surface area contributed by atoms with Gasteiger partial charge in [-0.3, -0.25) is 4.79 Å². The maximum atomic E-state index is 11.0. The molecule has 0 saturated heterocycles. The maximum Gasteiger partial charge on any atom is 0.279 e. The van der Waals surface area contributed by atoms with Crippen molar-refractivity contribution in [1.82, 2.24) is 0 Å². The van der Waals surface area contributed by atoms with Gasteiger partial charge in [-0.1, -0.05) is 6.07 Å². The van der Waals surface area contributed by atoms with Gasteiger partial charge in [0.05, 0.1) is 0 Å². The highest BCUT2D eigenvalue weighted by molar-refractivity contribution is 8.29. The molecule has 5 heteroatoms. The van der Waals surface area contributed by atoms with Gasteiger partial charge >= 0.3 is 0 Å². The van der Waals surface area contributed by atoms with Gasteiger partial charge in [-0.2, -0.15) is 0 Å². The van der Waals surface area contributed by atoms with Gasteiger partial charge in [-0.05, 0) is 23.2 Å². The fraction of sp³-hybridized carbons (Fsp3) is 0. The Morgan fingerprint density at radius 2 is 2.23 bits per heavy atom. The minimum Gasteiger partial charge on any atom is -0.399 e. The second kappa shape index (κ2) is 2.77. The summed E-state index contributed by atoms with van der Waals surface area (Å²) in [5.41, 5.74) is 12.4. The molecule has 1 aromatic carbocycles. The maximum absolute atomic E-state index is 11.0. The van der Waals surface area contributed by atoms with Gasteiger partial charge in [-0.15, -0.1) is 0 Å². The number of thiol groups is 1. The number of anilines is 1. The zero-order valence-electron chi connectivity index (χ0n) is 6.77. The SMILES string of the molecule is NC(=O)[SH]1N=Cc2ccc(N)cc21. The molecule has 0 radical (unpaired) electrons. The van der Waals surface area contributed by atoms with E-state index >= 15 is 0 Å². The normalized spacial score (nSPS) is 21.4. The van der Waals surface area contributed by atoms with E-state index in [9.17, 15) is 4.79 Å². The summed E-state index contributed by atoms with van der Waals surface area (Å²) in [4.78, 5) is 11.8. The van der Waals surface area contributed by atoms with Crippen molar-refractivity contribution >= 4 is 28.2 Å². The van der Waals surface area contributed by atoms with Crippen LogP contribution in [0, 0.1) is 0 Å². The van der Waals surface area contributed by atoms with Crippen LogP contribution >= 0.6 is 11.1 Å². The Kier molecular flexibility index (Phi) is 1.73. The highest BCUT2D eigenvalue weighted by Crippen LogP contribution is 2.43. The molecular formula is C8H9N3OS. The number of rotatable bonds is 0. The molecule has 1 aliphatic heterocycles. The highest BCUT2D eigenvalue weighted by Gasteiger charge is 2.19. The summed E-state index contributed by atoms with van der Waals surface area (Å²) < 4.78 is 4.05. The summed E-state index contributed by atoms with van der Waals surface area (Å²) in [6, 6.07) is 5.39. The molecule has 4 N–H and O–H groups in total. The van der Waals surface area contributed by atoms with E-state index in [0.717, 1.165) is 10.5 Å². The van der Waals surface area contributed by atoms with Crippen LogP contribution in [0.5, 0.6) is 0 Å². The molecule has 13 heavy (non-hydrogen) atoms. The van der Waals surface area contributed by atoms with Crippen LogP contribution in [0.3, 0.4) is 0 Å². The molecule has 0 aromatic heterocycles. The standard InChI is InChI=1S/C8H9N3OS/c9-6-2-1-5-4-11-13(8(10)12)7(5)3-6/h1-4,13H,9H2,(H2,10,12). The van der Waals surface area contributed by atoms with E-state index in [1.54, 1.807) is 18.3 Å². The monoisotopic (exact) mass is 195 g/mol. The van der Waals surface area contributed by atoms with E-state index in [2.05, 4.69) is 4.40 Å². The summed E-state index contributed by atoms with van der Waals surface area (Å²) in [5.74, 6) is 0. The predicted molar refractivity (Wildman–Crippen MR) is 55.3 cm³/mol. The number of nitrogens with two attached hydrogens (primary N) is 2. The first kappa shape index (κ1) is 8.12. The molecule has 1 heterocycles. The average Bonchev–Trinajstić information content (AvgIpc) is 2.46. The van der Waals surface area contributed by atoms with Crippen molar-refractivity contribution in [3.05, 3.63) is 23.8 Å². The van der Waals surface area contributed by atoms with E-state index in [1.807, 2.05) is 6.07 Å². The minimum atomic E-state index is -1.21. The summed E-state index contributed by atoms with van der Waals surface area (Å²) in [5, 5.41) is -0.379. The van der Waals surface area contributed by atoms with Gasteiger partial charge in [0.1, 0.15) is 0 Å². The van der Waals surface area contributed by atoms with Crippen LogP contribution in [0.4, 0.5) is 10.5 Å². The molecule has 0 bridgehead atoms. The second-order valence-corrected chi connectivity index (χ2v) is 4.49. The van der Waals surface area contributed by atoms with Gasteiger partial charge < -0.3 is 11.5 Å². The summed E-state index contributed by atoms with van der Waals surface area (Å²) in [6.45, 7) is 0. The predicted octanol–water partition coefficient (Wildman–Crippen LogP) is 1.06. The second-order valence-electron chi connectivity index (χ2n) is 2.71. The number of benzene rings is 1. The Balaban J connectivity index is 2.51. The van der Waals surface area contributed by atoms with Crippen molar-refractivity contribution < 1.29 is 4.79 Å². The zero-order chi connectivity index (χ0) is 9.42. The van der Waals surface area contributed by atoms with Gasteiger partial charge in [0.15, 0.2) is 0 Å². The minimum absolute atomic E-state index is 0.379. The van der Waals surface area contributed by atoms with Crippen molar-refractivity contribution in [2.45, 2.75) is 4.90 Å². The smallest absolute Gasteiger partial charge is 0.279 e. The number of hydrogen-bond donors (Lipinski definition) is 3. The van der Waals surface area contributed by atoms with E-state index in [4.69, 9.17) is 11.5 Å². The van der Waals surface area contributed by atoms with Gasteiger partial charge in [0, 0.05) is 22.4 Å². The molecule has 1 unspecified atom stereocenters. The first-order chi connectivity index (χ1) is 6.18. The first-order valence-corrected chi connectivity index (χ1v) is 5.01. The number of carbonyl (C=O) groups is 1. The number of hydrogen-bond acceptors (Lipinski definition) is 3. The van der Waals surface area contributed by atoms with Crippen molar-refractivity contribution in [1.29, 1.82) is 0 Å². The van der Waals surface area contributed by atoms with Crippen LogP contribution in [0.15, 0.2) is 27.5 Å². The zero-order valence-corrected chi connectivity index (χ0v) is 7.66. The first-order valence-electron chi connectivity index (χ1n) is 3.71. The lowest BCUT2D eigenvalue weighted by atomic mass is 10.2. The Morgan fingerprint density at radius 1 is 1.46 bits per heavy atom. The lowest BCUT2D eigenvalue weighted by Crippen LogP contribution is -2.06. The third-order valence-corrected chi connectivity index (χ3v) is 3.41. The Morgan fingerprint density at radius 3 is 2.92 bits per heavy atom. The fourth-order valence-electron chi connectivity index (χ4n) is 1.21. The van der Waals surface area contributed by atoms with E-state index in [1.165, 1.54) is 0 Å². The number of primary amides is 1. The van der Waals surface area contributed by atoms with Crippen LogP contribution in [0.1, 0.15) is 5.56 Å². The average molecular weight is 195 g/mol. The summed E-state index contributed by atoms with van der Waals surface area (Å²) >= 11 is -1.21. The van der Waals surface area contributed by atoms with Crippen LogP contribution in [-0.4, -0.2) is 11.5 Å². The molecule has 1 aliphatic rings. The third-order valence-electron chi connectivity index (χ3n) is 1.80. The van der Waals surface area contributed by atoms with E-state index in [-0.39, 0.29) is 5.24 Å². The molecule has 1 atom stereocenters. The largest absolute Gasteiger partial charge is 0.399 e. The van der Waals surface area contributed by atoms with Crippen LogP contribution in [0.25, 0.3) is 0 Å². The number of amides is 1. The van der Waals surface area contributed by atoms with E-state index < -0.39 is 11.1 Å². The molecule has 0 spiro atoms. The van der Waals surface area contributed by atoms with Crippen LogP contribution < -0.4 is 11.5 Å². The molecule has 0 saturated carbocycles. The van der Waals surface area contributed by atoms with Gasteiger partial charge in [0.2, 0.25) is 0 Å². The number of nitrogen functional groups attached to an aromatic ring is 1. The number of fused-ring (bicyclic) bond motifs is 1. The highest BCUT2D eigenvalue weighted by atomic mass is 32.2. The molecule has 68 valence electrons. The lowest BCUT2D eigenvalue weighted by Gasteiger charge is -2.09. The van der Waals surface area contributed by atoms with Crippen molar-refractivity contribution in [2.24, 2.45) is 10.1 Å². The Labute approximate surface area is 78.1 Å². The van der Waals surface area contributed by atoms with E-state index in [0.29, 0.717) is 5.69 Å². The molecule has 2 rings (SSSR count). The number of nitrogens with zero attached hydrogens (tertiary/aromatic N) is 1. The van der Waals surface area contributed by atoms with Crippen LogP contribution in [-0.2, 0) is 0 Å². The third kappa shape index (κ3) is 1.27. The fourth-order valence-corrected chi connectivity index (χ4v) is 2.57. The molecular weight excluding hydrogens is 186 g/mol. The van der Waals surface area contributed by atoms with Crippen molar-refractivity contribution in [3.63, 3.8) is 0 Å². The topological polar surface area (TPSA) is 81.5 Å². The molecule has 0 fully saturated rings. The molecule has 1 amide bonds. The summed E-state index contributed by atoms with van der Waals surface area (Å²) in [6.07, 6.45) is 1.67. The Bertz CT molecular complexity index is 402. The quantitative estimate of drug-likeness (QED) is 0.427. The van der Waals surface area contributed by atoms with Crippen LogP contribution in [0.2, 0.25) is 0 Å². The molecule has 0 aliphatic carbocycles. The summed E-state index contributed by atoms with van der Waals surface area (Å²) in [7, 11) is 0. The van der Waals surface area contributed by atoms with Gasteiger partial charge in [-0.25, -0.2) is 4.40 Å². The lowest BCUT2D eigenvalue weighted by molar-refractivity contribution is 0.267. The van der Waals surface area contributed by atoms with Gasteiger partial charge in [0.25, 0.3) is 5.24 Å². The Hall–Kier alpha value is -1.49. The van der Waals surface area contributed by atoms with Crippen molar-refractivity contribution in [3.8, 4) is 0 Å². The van der Waals surface area contributed by atoms with Crippen molar-refractivity contribution in [2.75, 3.05) is 5.73 Å². The number of carbonyl (C=O) groups excluding carboxylic acids is 1. The molecule has 1 aromatic rings.